The van der Waals surface area contributed by atoms with E-state index in [9.17, 15) is 0 Å². The average molecular weight is 193 g/mol. The summed E-state index contributed by atoms with van der Waals surface area (Å²) in [5.74, 6) is 0.751. The second kappa shape index (κ2) is 4.78. The summed E-state index contributed by atoms with van der Waals surface area (Å²) in [7, 11) is 0. The molecule has 0 aliphatic heterocycles. The van der Waals surface area contributed by atoms with Crippen LogP contribution in [0.3, 0.4) is 0 Å². The lowest BCUT2D eigenvalue weighted by Crippen LogP contribution is -2.05. The van der Waals surface area contributed by atoms with Gasteiger partial charge in [0.25, 0.3) is 0 Å². The molecule has 0 aliphatic carbocycles. The zero-order valence-electron chi connectivity index (χ0n) is 7.65. The van der Waals surface area contributed by atoms with Crippen molar-refractivity contribution in [2.75, 3.05) is 6.26 Å². The van der Waals surface area contributed by atoms with Gasteiger partial charge in [0.1, 0.15) is 11.2 Å². The molecule has 0 saturated carbocycles. The zero-order valence-corrected chi connectivity index (χ0v) is 8.47. The van der Waals surface area contributed by atoms with Crippen LogP contribution in [0.5, 0.6) is 5.75 Å². The molecular weight excluding hydrogens is 182 g/mol. The SMILES string of the molecule is CSC(C)Oc1cccc(C#N)c1. The molecule has 0 aliphatic rings. The van der Waals surface area contributed by atoms with Gasteiger partial charge in [0.2, 0.25) is 0 Å². The molecule has 13 heavy (non-hydrogen) atoms. The van der Waals surface area contributed by atoms with E-state index in [1.165, 1.54) is 0 Å². The van der Waals surface area contributed by atoms with Crippen LogP contribution in [0, 0.1) is 11.3 Å². The molecular formula is C10H11NOS. The molecule has 0 spiro atoms. The highest BCUT2D eigenvalue weighted by Crippen LogP contribution is 2.17. The molecule has 1 rings (SSSR count). The Labute approximate surface area is 82.5 Å². The van der Waals surface area contributed by atoms with Crippen molar-refractivity contribution in [3.05, 3.63) is 29.8 Å². The predicted molar refractivity (Wildman–Crippen MR) is 54.8 cm³/mol. The van der Waals surface area contributed by atoms with Gasteiger partial charge in [0, 0.05) is 0 Å². The van der Waals surface area contributed by atoms with Crippen LogP contribution < -0.4 is 4.74 Å². The number of ether oxygens (including phenoxy) is 1. The summed E-state index contributed by atoms with van der Waals surface area (Å²) in [5, 5.41) is 8.64. The lowest BCUT2D eigenvalue weighted by Gasteiger charge is -2.11. The first-order valence-electron chi connectivity index (χ1n) is 3.96. The quantitative estimate of drug-likeness (QED) is 0.692. The van der Waals surface area contributed by atoms with E-state index in [0.717, 1.165) is 5.75 Å². The minimum Gasteiger partial charge on any atom is -0.480 e. The van der Waals surface area contributed by atoms with Gasteiger partial charge in [-0.1, -0.05) is 6.07 Å². The normalized spacial score (nSPS) is 11.8. The molecule has 1 aromatic rings. The highest BCUT2D eigenvalue weighted by molar-refractivity contribution is 7.99. The second-order valence-corrected chi connectivity index (χ2v) is 3.70. The van der Waals surface area contributed by atoms with Gasteiger partial charge in [-0.25, -0.2) is 0 Å². The molecule has 0 aromatic heterocycles. The van der Waals surface area contributed by atoms with Crippen molar-refractivity contribution >= 4 is 11.8 Å². The summed E-state index contributed by atoms with van der Waals surface area (Å²) in [5.41, 5.74) is 0.750. The van der Waals surface area contributed by atoms with Crippen molar-refractivity contribution in [3.63, 3.8) is 0 Å². The topological polar surface area (TPSA) is 33.0 Å². The molecule has 0 fully saturated rings. The molecule has 0 heterocycles. The van der Waals surface area contributed by atoms with Crippen LogP contribution in [0.2, 0.25) is 0 Å². The van der Waals surface area contributed by atoms with Gasteiger partial charge in [-0.2, -0.15) is 5.26 Å². The Morgan fingerprint density at radius 2 is 2.31 bits per heavy atom. The highest BCUT2D eigenvalue weighted by atomic mass is 32.2. The maximum atomic E-state index is 8.64. The summed E-state index contributed by atoms with van der Waals surface area (Å²) in [6.07, 6.45) is 1.98. The number of thioether (sulfide) groups is 1. The van der Waals surface area contributed by atoms with Crippen molar-refractivity contribution < 1.29 is 4.74 Å². The molecule has 0 N–H and O–H groups in total. The van der Waals surface area contributed by atoms with Gasteiger partial charge in [-0.15, -0.1) is 11.8 Å². The van der Waals surface area contributed by atoms with Crippen LogP contribution in [0.1, 0.15) is 12.5 Å². The Morgan fingerprint density at radius 3 is 2.92 bits per heavy atom. The number of benzene rings is 1. The molecule has 1 unspecified atom stereocenters. The third-order valence-electron chi connectivity index (χ3n) is 1.60. The maximum absolute atomic E-state index is 8.64. The summed E-state index contributed by atoms with van der Waals surface area (Å²) in [6, 6.07) is 9.25. The van der Waals surface area contributed by atoms with E-state index in [4.69, 9.17) is 10.00 Å². The molecule has 2 nitrogen and oxygen atoms in total. The Balaban J connectivity index is 2.73. The fourth-order valence-corrected chi connectivity index (χ4v) is 1.09. The summed E-state index contributed by atoms with van der Waals surface area (Å²) >= 11 is 1.63. The standard InChI is InChI=1S/C10H11NOS/c1-8(13-2)12-10-5-3-4-9(6-10)7-11/h3-6,8H,1-2H3. The highest BCUT2D eigenvalue weighted by Gasteiger charge is 2.01. The minimum absolute atomic E-state index is 0.119. The lowest BCUT2D eigenvalue weighted by molar-refractivity contribution is 0.308. The van der Waals surface area contributed by atoms with Gasteiger partial charge in [0.05, 0.1) is 11.6 Å². The first-order valence-corrected chi connectivity index (χ1v) is 5.24. The summed E-state index contributed by atoms with van der Waals surface area (Å²) < 4.78 is 5.52. The average Bonchev–Trinajstić information content (AvgIpc) is 2.18. The summed E-state index contributed by atoms with van der Waals surface area (Å²) in [4.78, 5) is 0. The molecule has 0 radical (unpaired) electrons. The van der Waals surface area contributed by atoms with E-state index in [1.807, 2.05) is 25.3 Å². The molecule has 0 saturated heterocycles. The molecule has 1 aromatic carbocycles. The van der Waals surface area contributed by atoms with Gasteiger partial charge >= 0.3 is 0 Å². The van der Waals surface area contributed by atoms with Crippen LogP contribution in [-0.4, -0.2) is 11.7 Å². The number of nitriles is 1. The third-order valence-corrected chi connectivity index (χ3v) is 2.36. The van der Waals surface area contributed by atoms with Crippen molar-refractivity contribution in [2.45, 2.75) is 12.4 Å². The van der Waals surface area contributed by atoms with Crippen LogP contribution in [0.25, 0.3) is 0 Å². The van der Waals surface area contributed by atoms with Crippen LogP contribution in [-0.2, 0) is 0 Å². The first-order chi connectivity index (χ1) is 6.26. The smallest absolute Gasteiger partial charge is 0.141 e. The van der Waals surface area contributed by atoms with Crippen molar-refractivity contribution in [1.29, 1.82) is 5.26 Å². The second-order valence-electron chi connectivity index (χ2n) is 2.56. The van der Waals surface area contributed by atoms with E-state index < -0.39 is 0 Å². The van der Waals surface area contributed by atoms with Crippen molar-refractivity contribution in [3.8, 4) is 11.8 Å². The number of rotatable bonds is 3. The molecule has 0 bridgehead atoms. The van der Waals surface area contributed by atoms with Crippen LogP contribution in [0.4, 0.5) is 0 Å². The number of hydrogen-bond acceptors (Lipinski definition) is 3. The van der Waals surface area contributed by atoms with E-state index >= 15 is 0 Å². The monoisotopic (exact) mass is 193 g/mol. The van der Waals surface area contributed by atoms with Crippen LogP contribution >= 0.6 is 11.8 Å². The van der Waals surface area contributed by atoms with Gasteiger partial charge in [-0.3, -0.25) is 0 Å². The fraction of sp³-hybridized carbons (Fsp3) is 0.300. The van der Waals surface area contributed by atoms with E-state index in [-0.39, 0.29) is 5.44 Å². The third kappa shape index (κ3) is 3.00. The molecule has 3 heteroatoms. The largest absolute Gasteiger partial charge is 0.480 e. The minimum atomic E-state index is 0.119. The number of nitrogens with zero attached hydrogens (tertiary/aromatic N) is 1. The maximum Gasteiger partial charge on any atom is 0.141 e. The Bertz CT molecular complexity index is 319. The lowest BCUT2D eigenvalue weighted by atomic mass is 10.2. The number of hydrogen-bond donors (Lipinski definition) is 0. The Kier molecular flexibility index (Phi) is 3.66. The van der Waals surface area contributed by atoms with E-state index in [2.05, 4.69) is 6.07 Å². The van der Waals surface area contributed by atoms with Gasteiger partial charge < -0.3 is 4.74 Å². The first kappa shape index (κ1) is 9.94. The van der Waals surface area contributed by atoms with E-state index in [1.54, 1.807) is 23.9 Å². The van der Waals surface area contributed by atoms with Crippen molar-refractivity contribution in [2.24, 2.45) is 0 Å². The molecule has 0 amide bonds. The Morgan fingerprint density at radius 1 is 1.54 bits per heavy atom. The van der Waals surface area contributed by atoms with Crippen molar-refractivity contribution in [1.82, 2.24) is 0 Å². The molecule has 1 atom stereocenters. The van der Waals surface area contributed by atoms with Gasteiger partial charge in [-0.05, 0) is 31.4 Å². The van der Waals surface area contributed by atoms with Crippen LogP contribution in [0.15, 0.2) is 24.3 Å². The van der Waals surface area contributed by atoms with E-state index in [0.29, 0.717) is 5.56 Å². The Hall–Kier alpha value is -1.14. The van der Waals surface area contributed by atoms with Gasteiger partial charge in [0.15, 0.2) is 0 Å². The fourth-order valence-electron chi connectivity index (χ4n) is 0.879. The predicted octanol–water partition coefficient (Wildman–Crippen LogP) is 2.65. The summed E-state index contributed by atoms with van der Waals surface area (Å²) in [6.45, 7) is 1.98. The molecule has 68 valence electrons. The zero-order chi connectivity index (χ0) is 9.68.